The second-order valence-electron chi connectivity index (χ2n) is 4.88. The maximum absolute atomic E-state index is 5.76. The fourth-order valence-corrected chi connectivity index (χ4v) is 2.59. The zero-order valence-electron chi connectivity index (χ0n) is 10.7. The molecule has 4 nitrogen and oxygen atoms in total. The summed E-state index contributed by atoms with van der Waals surface area (Å²) >= 11 is 0. The van der Waals surface area contributed by atoms with E-state index in [2.05, 4.69) is 34.8 Å². The van der Waals surface area contributed by atoms with Gasteiger partial charge in [0.15, 0.2) is 0 Å². The van der Waals surface area contributed by atoms with Gasteiger partial charge in [0, 0.05) is 18.5 Å². The van der Waals surface area contributed by atoms with Crippen LogP contribution in [0.5, 0.6) is 0 Å². The Hall–Kier alpha value is -1.68. The van der Waals surface area contributed by atoms with E-state index < -0.39 is 0 Å². The Morgan fingerprint density at radius 2 is 1.83 bits per heavy atom. The number of para-hydroxylation sites is 1. The molecule has 4 heteroatoms. The van der Waals surface area contributed by atoms with Crippen molar-refractivity contribution in [1.82, 2.24) is 9.97 Å². The van der Waals surface area contributed by atoms with Crippen molar-refractivity contribution in [2.75, 3.05) is 18.0 Å². The van der Waals surface area contributed by atoms with Gasteiger partial charge in [0.1, 0.15) is 12.1 Å². The molecule has 1 aromatic carbocycles. The zero-order valence-corrected chi connectivity index (χ0v) is 10.7. The van der Waals surface area contributed by atoms with Crippen LogP contribution in [0.3, 0.4) is 0 Å². The normalized spacial score (nSPS) is 24.4. The molecule has 1 aliphatic rings. The molecule has 1 saturated heterocycles. The Bertz CT molecular complexity index is 542. The second-order valence-corrected chi connectivity index (χ2v) is 4.88. The number of anilines is 1. The smallest absolute Gasteiger partial charge is 0.140 e. The summed E-state index contributed by atoms with van der Waals surface area (Å²) in [5.74, 6) is 1.02. The molecule has 0 radical (unpaired) electrons. The van der Waals surface area contributed by atoms with E-state index in [-0.39, 0.29) is 12.2 Å². The van der Waals surface area contributed by atoms with Crippen LogP contribution in [0.25, 0.3) is 10.9 Å². The molecule has 18 heavy (non-hydrogen) atoms. The third-order valence-electron chi connectivity index (χ3n) is 3.24. The summed E-state index contributed by atoms with van der Waals surface area (Å²) in [5, 5.41) is 1.11. The Balaban J connectivity index is 2.03. The van der Waals surface area contributed by atoms with E-state index in [1.807, 2.05) is 18.2 Å². The van der Waals surface area contributed by atoms with Gasteiger partial charge in [-0.3, -0.25) is 0 Å². The van der Waals surface area contributed by atoms with E-state index in [1.54, 1.807) is 6.33 Å². The molecule has 1 aromatic heterocycles. The van der Waals surface area contributed by atoms with Crippen molar-refractivity contribution in [1.29, 1.82) is 0 Å². The van der Waals surface area contributed by atoms with Crippen LogP contribution in [0.2, 0.25) is 0 Å². The molecule has 2 heterocycles. The van der Waals surface area contributed by atoms with E-state index in [0.29, 0.717) is 0 Å². The van der Waals surface area contributed by atoms with Crippen LogP contribution in [-0.2, 0) is 4.74 Å². The van der Waals surface area contributed by atoms with Crippen LogP contribution in [0.15, 0.2) is 30.6 Å². The number of nitrogens with zero attached hydrogens (tertiary/aromatic N) is 3. The van der Waals surface area contributed by atoms with Crippen molar-refractivity contribution in [3.8, 4) is 0 Å². The maximum atomic E-state index is 5.76. The molecule has 94 valence electrons. The maximum Gasteiger partial charge on any atom is 0.140 e. The number of benzene rings is 1. The molecule has 0 unspecified atom stereocenters. The first-order valence-corrected chi connectivity index (χ1v) is 6.34. The van der Waals surface area contributed by atoms with E-state index in [1.165, 1.54) is 0 Å². The summed E-state index contributed by atoms with van der Waals surface area (Å²) in [7, 11) is 0. The number of aromatic nitrogens is 2. The van der Waals surface area contributed by atoms with Gasteiger partial charge in [-0.25, -0.2) is 9.97 Å². The quantitative estimate of drug-likeness (QED) is 0.770. The molecule has 3 rings (SSSR count). The minimum absolute atomic E-state index is 0.238. The lowest BCUT2D eigenvalue weighted by atomic mass is 10.2. The predicted octanol–water partition coefficient (Wildman–Crippen LogP) is 2.24. The van der Waals surface area contributed by atoms with Crippen LogP contribution in [0.4, 0.5) is 5.82 Å². The van der Waals surface area contributed by atoms with Gasteiger partial charge in [0.2, 0.25) is 0 Å². The van der Waals surface area contributed by atoms with Crippen molar-refractivity contribution in [2.45, 2.75) is 26.1 Å². The van der Waals surface area contributed by atoms with Crippen LogP contribution in [-0.4, -0.2) is 35.3 Å². The van der Waals surface area contributed by atoms with Gasteiger partial charge < -0.3 is 9.64 Å². The molecular weight excluding hydrogens is 226 g/mol. The summed E-state index contributed by atoms with van der Waals surface area (Å²) in [6.45, 7) is 5.97. The van der Waals surface area contributed by atoms with Crippen molar-refractivity contribution in [2.24, 2.45) is 0 Å². The first kappa shape index (κ1) is 11.4. The summed E-state index contributed by atoms with van der Waals surface area (Å²) < 4.78 is 5.76. The van der Waals surface area contributed by atoms with Gasteiger partial charge in [-0.1, -0.05) is 12.1 Å². The lowest BCUT2D eigenvalue weighted by Crippen LogP contribution is -2.45. The molecule has 0 bridgehead atoms. The highest BCUT2D eigenvalue weighted by atomic mass is 16.5. The summed E-state index contributed by atoms with van der Waals surface area (Å²) in [6.07, 6.45) is 2.12. The third-order valence-corrected chi connectivity index (χ3v) is 3.24. The van der Waals surface area contributed by atoms with Gasteiger partial charge in [0.25, 0.3) is 0 Å². The minimum atomic E-state index is 0.238. The fraction of sp³-hybridized carbons (Fsp3) is 0.429. The highest BCUT2D eigenvalue weighted by molar-refractivity contribution is 5.89. The summed E-state index contributed by atoms with van der Waals surface area (Å²) in [5.41, 5.74) is 0.995. The van der Waals surface area contributed by atoms with Crippen LogP contribution < -0.4 is 4.90 Å². The molecule has 2 aromatic rings. The van der Waals surface area contributed by atoms with Crippen LogP contribution in [0, 0.1) is 0 Å². The topological polar surface area (TPSA) is 38.2 Å². The van der Waals surface area contributed by atoms with E-state index in [9.17, 15) is 0 Å². The van der Waals surface area contributed by atoms with Gasteiger partial charge in [0.05, 0.1) is 17.7 Å². The number of ether oxygens (including phenoxy) is 1. The fourth-order valence-electron chi connectivity index (χ4n) is 2.59. The summed E-state index contributed by atoms with van der Waals surface area (Å²) in [6, 6.07) is 8.13. The Morgan fingerprint density at radius 3 is 2.61 bits per heavy atom. The number of hydrogen-bond acceptors (Lipinski definition) is 4. The van der Waals surface area contributed by atoms with Gasteiger partial charge in [-0.05, 0) is 26.0 Å². The van der Waals surface area contributed by atoms with Crippen molar-refractivity contribution < 1.29 is 4.74 Å². The standard InChI is InChI=1S/C14H17N3O/c1-10-7-17(8-11(2)18-10)14-12-5-3-4-6-13(12)15-9-16-14/h3-6,9-11H,7-8H2,1-2H3/t10-,11-/m0/s1. The largest absolute Gasteiger partial charge is 0.372 e. The lowest BCUT2D eigenvalue weighted by Gasteiger charge is -2.36. The molecule has 0 N–H and O–H groups in total. The molecule has 1 aliphatic heterocycles. The average Bonchev–Trinajstić information content (AvgIpc) is 2.37. The molecule has 0 saturated carbocycles. The van der Waals surface area contributed by atoms with Crippen LogP contribution >= 0.6 is 0 Å². The zero-order chi connectivity index (χ0) is 12.5. The molecular formula is C14H17N3O. The molecule has 0 spiro atoms. The van der Waals surface area contributed by atoms with E-state index in [0.717, 1.165) is 29.8 Å². The monoisotopic (exact) mass is 243 g/mol. The Kier molecular flexibility index (Phi) is 2.88. The number of hydrogen-bond donors (Lipinski definition) is 0. The van der Waals surface area contributed by atoms with Crippen molar-refractivity contribution in [3.63, 3.8) is 0 Å². The molecule has 1 fully saturated rings. The third kappa shape index (κ3) is 2.04. The molecule has 2 atom stereocenters. The van der Waals surface area contributed by atoms with Gasteiger partial charge in [-0.2, -0.15) is 0 Å². The highest BCUT2D eigenvalue weighted by Crippen LogP contribution is 2.25. The second kappa shape index (κ2) is 4.53. The SMILES string of the molecule is C[C@H]1CN(c2ncnc3ccccc23)C[C@H](C)O1. The number of rotatable bonds is 1. The Morgan fingerprint density at radius 1 is 1.11 bits per heavy atom. The van der Waals surface area contributed by atoms with Gasteiger partial charge in [-0.15, -0.1) is 0 Å². The van der Waals surface area contributed by atoms with Crippen molar-refractivity contribution in [3.05, 3.63) is 30.6 Å². The molecule has 0 amide bonds. The first-order valence-electron chi connectivity index (χ1n) is 6.34. The predicted molar refractivity (Wildman–Crippen MR) is 71.8 cm³/mol. The highest BCUT2D eigenvalue weighted by Gasteiger charge is 2.24. The molecule has 0 aliphatic carbocycles. The number of morpholine rings is 1. The Labute approximate surface area is 107 Å². The average molecular weight is 243 g/mol. The summed E-state index contributed by atoms with van der Waals surface area (Å²) in [4.78, 5) is 11.1. The van der Waals surface area contributed by atoms with Crippen molar-refractivity contribution >= 4 is 16.7 Å². The lowest BCUT2D eigenvalue weighted by molar-refractivity contribution is -0.00537. The van der Waals surface area contributed by atoms with E-state index >= 15 is 0 Å². The minimum Gasteiger partial charge on any atom is -0.372 e. The van der Waals surface area contributed by atoms with Crippen LogP contribution in [0.1, 0.15) is 13.8 Å². The van der Waals surface area contributed by atoms with Gasteiger partial charge >= 0.3 is 0 Å². The number of fused-ring (bicyclic) bond motifs is 1. The first-order chi connectivity index (χ1) is 8.74. The van der Waals surface area contributed by atoms with E-state index in [4.69, 9.17) is 4.74 Å².